The van der Waals surface area contributed by atoms with Crippen molar-refractivity contribution in [2.24, 2.45) is 0 Å². The van der Waals surface area contributed by atoms with E-state index >= 15 is 0 Å². The van der Waals surface area contributed by atoms with Gasteiger partial charge in [-0.15, -0.1) is 21.5 Å². The summed E-state index contributed by atoms with van der Waals surface area (Å²) in [5.41, 5.74) is 3.11. The summed E-state index contributed by atoms with van der Waals surface area (Å²) in [5.74, 6) is 0.636. The van der Waals surface area contributed by atoms with Crippen molar-refractivity contribution in [2.45, 2.75) is 45.7 Å². The number of carbonyl (C=O) groups is 1. The van der Waals surface area contributed by atoms with Gasteiger partial charge in [0, 0.05) is 30.6 Å². The first-order valence-electron chi connectivity index (χ1n) is 10.1. The minimum absolute atomic E-state index is 0.0593. The number of hydrogen-bond donors (Lipinski definition) is 1. The van der Waals surface area contributed by atoms with Gasteiger partial charge in [0.15, 0.2) is 5.65 Å². The molecule has 160 valence electrons. The van der Waals surface area contributed by atoms with E-state index in [9.17, 15) is 4.79 Å². The molecule has 1 atom stereocenters. The number of aromatic nitrogens is 6. The molecule has 0 aromatic carbocycles. The lowest BCUT2D eigenvalue weighted by Gasteiger charge is -2.24. The average molecular weight is 440 g/mol. The normalized spacial score (nSPS) is 16.6. The number of hydrogen-bond acceptors (Lipinski definition) is 10. The van der Waals surface area contributed by atoms with Crippen molar-refractivity contribution in [2.75, 3.05) is 11.9 Å². The molecule has 1 fully saturated rings. The zero-order valence-electron chi connectivity index (χ0n) is 17.2. The molecule has 11 heteroatoms. The van der Waals surface area contributed by atoms with Crippen LogP contribution in [0.2, 0.25) is 0 Å². The van der Waals surface area contributed by atoms with Crippen LogP contribution in [-0.2, 0) is 22.5 Å². The Morgan fingerprint density at radius 1 is 1.32 bits per heavy atom. The Labute approximate surface area is 181 Å². The molecule has 1 saturated heterocycles. The summed E-state index contributed by atoms with van der Waals surface area (Å²) in [6, 6.07) is -0.0593. The molecule has 0 aliphatic carbocycles. The monoisotopic (exact) mass is 439 g/mol. The van der Waals surface area contributed by atoms with E-state index in [2.05, 4.69) is 30.6 Å². The number of cyclic esters (lactones) is 1. The predicted molar refractivity (Wildman–Crippen MR) is 114 cm³/mol. The quantitative estimate of drug-likeness (QED) is 0.452. The molecule has 4 aromatic rings. The number of carbonyl (C=O) groups excluding carboxylic acids is 1. The van der Waals surface area contributed by atoms with Crippen LogP contribution in [0.5, 0.6) is 0 Å². The maximum Gasteiger partial charge on any atom is 0.307 e. The van der Waals surface area contributed by atoms with Gasteiger partial charge in [0.25, 0.3) is 5.89 Å². The van der Waals surface area contributed by atoms with Gasteiger partial charge in [-0.05, 0) is 13.8 Å². The van der Waals surface area contributed by atoms with E-state index in [1.807, 2.05) is 23.9 Å². The van der Waals surface area contributed by atoms with Crippen LogP contribution < -0.4 is 5.32 Å². The third-order valence-electron chi connectivity index (χ3n) is 5.15. The molecule has 0 radical (unpaired) electrons. The third-order valence-corrected chi connectivity index (χ3v) is 5.98. The lowest BCUT2D eigenvalue weighted by molar-refractivity contribution is -0.147. The maximum absolute atomic E-state index is 11.8. The zero-order chi connectivity index (χ0) is 21.4. The molecule has 0 bridgehead atoms. The first-order chi connectivity index (χ1) is 15.1. The van der Waals surface area contributed by atoms with Crippen LogP contribution >= 0.6 is 11.3 Å². The van der Waals surface area contributed by atoms with Crippen molar-refractivity contribution in [3.63, 3.8) is 0 Å². The SMILES string of the molecule is CCn1ncc2c(NC3CCOC(=O)C3)c(-c3nnc(Cc4csc(C)n4)o3)cnc21. The summed E-state index contributed by atoms with van der Waals surface area (Å²) in [7, 11) is 0. The molecule has 1 unspecified atom stereocenters. The summed E-state index contributed by atoms with van der Waals surface area (Å²) >= 11 is 1.59. The van der Waals surface area contributed by atoms with Gasteiger partial charge in [0.1, 0.15) is 0 Å². The van der Waals surface area contributed by atoms with Gasteiger partial charge in [-0.3, -0.25) is 4.79 Å². The standard InChI is InChI=1S/C20H21N7O3S/c1-3-27-19-14(9-22-27)18(24-12-4-5-29-17(28)7-12)15(8-21-19)20-26-25-16(30-20)6-13-10-31-11(2)23-13/h8-10,12H,3-7H2,1-2H3,(H,21,24). The smallest absolute Gasteiger partial charge is 0.307 e. The minimum Gasteiger partial charge on any atom is -0.466 e. The fourth-order valence-corrected chi connectivity index (χ4v) is 4.27. The number of nitrogens with zero attached hydrogens (tertiary/aromatic N) is 6. The Balaban J connectivity index is 1.52. The Morgan fingerprint density at radius 3 is 3.00 bits per heavy atom. The Hall–Kier alpha value is -3.34. The van der Waals surface area contributed by atoms with E-state index in [0.29, 0.717) is 43.3 Å². The highest BCUT2D eigenvalue weighted by molar-refractivity contribution is 7.09. The van der Waals surface area contributed by atoms with Crippen LogP contribution in [0.25, 0.3) is 22.5 Å². The maximum atomic E-state index is 11.8. The fourth-order valence-electron chi connectivity index (χ4n) is 3.66. The summed E-state index contributed by atoms with van der Waals surface area (Å²) in [4.78, 5) is 20.8. The number of esters is 1. The summed E-state index contributed by atoms with van der Waals surface area (Å²) < 4.78 is 12.9. The van der Waals surface area contributed by atoms with Crippen LogP contribution in [0, 0.1) is 6.92 Å². The van der Waals surface area contributed by atoms with E-state index < -0.39 is 0 Å². The summed E-state index contributed by atoms with van der Waals surface area (Å²) in [6.45, 7) is 5.06. The third kappa shape index (κ3) is 3.88. The molecular weight excluding hydrogens is 418 g/mol. The molecule has 0 saturated carbocycles. The number of rotatable bonds is 6. The largest absolute Gasteiger partial charge is 0.466 e. The molecule has 5 heterocycles. The lowest BCUT2D eigenvalue weighted by Crippen LogP contribution is -2.31. The summed E-state index contributed by atoms with van der Waals surface area (Å²) in [6.07, 6.45) is 4.97. The van der Waals surface area contributed by atoms with Crippen molar-refractivity contribution < 1.29 is 13.9 Å². The Bertz CT molecular complexity index is 1240. The number of fused-ring (bicyclic) bond motifs is 1. The highest BCUT2D eigenvalue weighted by atomic mass is 32.1. The molecule has 1 aliphatic rings. The molecule has 0 amide bonds. The van der Waals surface area contributed by atoms with Crippen LogP contribution in [0.15, 0.2) is 22.2 Å². The molecular formula is C20H21N7O3S. The second-order valence-electron chi connectivity index (χ2n) is 7.33. The van der Waals surface area contributed by atoms with E-state index in [1.165, 1.54) is 0 Å². The van der Waals surface area contributed by atoms with Crippen molar-refractivity contribution in [3.8, 4) is 11.5 Å². The van der Waals surface area contributed by atoms with Gasteiger partial charge >= 0.3 is 5.97 Å². The second kappa shape index (κ2) is 8.06. The number of thiazole rings is 1. The molecule has 5 rings (SSSR count). The van der Waals surface area contributed by atoms with E-state index in [0.717, 1.165) is 33.8 Å². The topological polar surface area (TPSA) is 121 Å². The number of aryl methyl sites for hydroxylation is 2. The van der Waals surface area contributed by atoms with Crippen LogP contribution in [0.3, 0.4) is 0 Å². The highest BCUT2D eigenvalue weighted by Crippen LogP contribution is 2.34. The zero-order valence-corrected chi connectivity index (χ0v) is 18.0. The molecule has 1 N–H and O–H groups in total. The second-order valence-corrected chi connectivity index (χ2v) is 8.40. The van der Waals surface area contributed by atoms with Gasteiger partial charge in [-0.2, -0.15) is 5.10 Å². The van der Waals surface area contributed by atoms with E-state index in [-0.39, 0.29) is 12.0 Å². The highest BCUT2D eigenvalue weighted by Gasteiger charge is 2.25. The van der Waals surface area contributed by atoms with Gasteiger partial charge in [0.2, 0.25) is 5.89 Å². The number of ether oxygens (including phenoxy) is 1. The van der Waals surface area contributed by atoms with Crippen molar-refractivity contribution in [3.05, 3.63) is 34.4 Å². The lowest BCUT2D eigenvalue weighted by atomic mass is 10.1. The number of anilines is 1. The van der Waals surface area contributed by atoms with Gasteiger partial charge < -0.3 is 14.5 Å². The van der Waals surface area contributed by atoms with Crippen molar-refractivity contribution in [1.29, 1.82) is 0 Å². The van der Waals surface area contributed by atoms with E-state index in [1.54, 1.807) is 23.7 Å². The van der Waals surface area contributed by atoms with Gasteiger partial charge in [-0.25, -0.2) is 14.6 Å². The molecule has 1 aliphatic heterocycles. The molecule has 4 aromatic heterocycles. The number of nitrogens with one attached hydrogen (secondary N) is 1. The predicted octanol–water partition coefficient (Wildman–Crippen LogP) is 2.97. The van der Waals surface area contributed by atoms with Crippen molar-refractivity contribution >= 4 is 34.0 Å². The number of pyridine rings is 1. The molecule has 0 spiro atoms. The van der Waals surface area contributed by atoms with Crippen molar-refractivity contribution in [1.82, 2.24) is 29.9 Å². The first kappa shape index (κ1) is 19.6. The van der Waals surface area contributed by atoms with Gasteiger partial charge in [-0.1, -0.05) is 0 Å². The minimum atomic E-state index is -0.210. The van der Waals surface area contributed by atoms with Gasteiger partial charge in [0.05, 0.1) is 53.0 Å². The first-order valence-corrected chi connectivity index (χ1v) is 11.0. The van der Waals surface area contributed by atoms with E-state index in [4.69, 9.17) is 9.15 Å². The van der Waals surface area contributed by atoms with Crippen LogP contribution in [-0.4, -0.2) is 48.6 Å². The molecule has 31 heavy (non-hydrogen) atoms. The average Bonchev–Trinajstić information content (AvgIpc) is 3.48. The van der Waals surface area contributed by atoms with Crippen LogP contribution in [0.1, 0.15) is 36.4 Å². The summed E-state index contributed by atoms with van der Waals surface area (Å²) in [5, 5.41) is 20.2. The fraction of sp³-hybridized carbons (Fsp3) is 0.400. The Kier molecular flexibility index (Phi) is 5.10. The van der Waals surface area contributed by atoms with Crippen LogP contribution in [0.4, 0.5) is 5.69 Å². The Morgan fingerprint density at radius 2 is 2.23 bits per heavy atom. The molecule has 10 nitrogen and oxygen atoms in total.